The molecule has 1 fully saturated rings. The highest BCUT2D eigenvalue weighted by Crippen LogP contribution is 2.40. The summed E-state index contributed by atoms with van der Waals surface area (Å²) >= 11 is 0. The Hall–Kier alpha value is -3.89. The van der Waals surface area contributed by atoms with Crippen molar-refractivity contribution in [2.45, 2.75) is 12.8 Å². The molecular weight excluding hydrogens is 419 g/mol. The largest absolute Gasteiger partial charge is 0.486 e. The molecule has 1 aliphatic heterocycles. The molecule has 166 valence electrons. The lowest BCUT2D eigenvalue weighted by Crippen LogP contribution is -2.32. The zero-order chi connectivity index (χ0) is 22.2. The Morgan fingerprint density at radius 3 is 2.81 bits per heavy atom. The quantitative estimate of drug-likeness (QED) is 0.378. The predicted molar refractivity (Wildman–Crippen MR) is 113 cm³/mol. The van der Waals surface area contributed by atoms with Crippen molar-refractivity contribution in [3.8, 4) is 11.5 Å². The number of carbonyl (C=O) groups is 2. The number of ether oxygens (including phenoxy) is 2. The summed E-state index contributed by atoms with van der Waals surface area (Å²) in [5.41, 5.74) is 0.584. The Kier molecular flexibility index (Phi) is 5.00. The normalized spacial score (nSPS) is 14.8. The summed E-state index contributed by atoms with van der Waals surface area (Å²) in [6.45, 7) is 1.14. The van der Waals surface area contributed by atoms with E-state index in [4.69, 9.17) is 9.47 Å². The molecule has 1 aliphatic carbocycles. The molecule has 3 aromatic rings. The number of anilines is 3. The highest BCUT2D eigenvalue weighted by Gasteiger charge is 2.27. The number of hydrogen-bond donors (Lipinski definition) is 3. The van der Waals surface area contributed by atoms with Crippen molar-refractivity contribution < 1.29 is 23.5 Å². The van der Waals surface area contributed by atoms with Gasteiger partial charge in [0.25, 0.3) is 11.7 Å². The van der Waals surface area contributed by atoms with Crippen LogP contribution in [0.5, 0.6) is 11.5 Å². The van der Waals surface area contributed by atoms with Crippen LogP contribution >= 0.6 is 0 Å². The lowest BCUT2D eigenvalue weighted by molar-refractivity contribution is -0.117. The topological polar surface area (TPSA) is 119 Å². The second-order valence-electron chi connectivity index (χ2n) is 7.66. The molecule has 1 saturated carbocycles. The van der Waals surface area contributed by atoms with Gasteiger partial charge in [-0.1, -0.05) is 0 Å². The molecule has 0 saturated heterocycles. The molecule has 3 N–H and O–H groups in total. The summed E-state index contributed by atoms with van der Waals surface area (Å²) in [7, 11) is 1.69. The van der Waals surface area contributed by atoms with Crippen LogP contribution in [0.1, 0.15) is 23.2 Å². The molecule has 0 spiro atoms. The summed E-state index contributed by atoms with van der Waals surface area (Å²) in [5, 5.41) is 12.9. The Morgan fingerprint density at radius 1 is 1.22 bits per heavy atom. The number of carbonyl (C=O) groups excluding carboxylic acids is 2. The monoisotopic (exact) mass is 440 g/mol. The number of benzene rings is 1. The minimum absolute atomic E-state index is 0.0688. The van der Waals surface area contributed by atoms with Gasteiger partial charge in [-0.15, -0.1) is 0 Å². The van der Waals surface area contributed by atoms with E-state index in [2.05, 4.69) is 26.0 Å². The summed E-state index contributed by atoms with van der Waals surface area (Å²) in [5.74, 6) is 0.0167. The first-order chi connectivity index (χ1) is 15.5. The molecule has 2 aromatic heterocycles. The second kappa shape index (κ2) is 7.98. The van der Waals surface area contributed by atoms with Crippen LogP contribution in [-0.2, 0) is 4.79 Å². The Labute approximate surface area is 182 Å². The van der Waals surface area contributed by atoms with Crippen molar-refractivity contribution in [2.75, 3.05) is 37.4 Å². The van der Waals surface area contributed by atoms with E-state index >= 15 is 0 Å². The molecule has 0 unspecified atom stereocenters. The molecule has 10 nitrogen and oxygen atoms in total. The van der Waals surface area contributed by atoms with Crippen LogP contribution in [0.2, 0.25) is 0 Å². The van der Waals surface area contributed by atoms with Gasteiger partial charge in [0.05, 0.1) is 17.4 Å². The van der Waals surface area contributed by atoms with Crippen molar-refractivity contribution >= 4 is 34.7 Å². The van der Waals surface area contributed by atoms with Crippen LogP contribution in [0.25, 0.3) is 5.65 Å². The van der Waals surface area contributed by atoms with Crippen LogP contribution in [-0.4, -0.2) is 53.1 Å². The summed E-state index contributed by atoms with van der Waals surface area (Å²) < 4.78 is 26.6. The molecule has 1 amide bonds. The van der Waals surface area contributed by atoms with Crippen LogP contribution < -0.4 is 25.4 Å². The summed E-state index contributed by atoms with van der Waals surface area (Å²) in [4.78, 5) is 29.5. The lowest BCUT2D eigenvalue weighted by atomic mass is 10.2. The van der Waals surface area contributed by atoms with E-state index in [1.807, 2.05) is 0 Å². The average Bonchev–Trinajstić information content (AvgIpc) is 3.53. The first-order valence-electron chi connectivity index (χ1n) is 10.3. The number of amides is 1. The number of hydrogen-bond acceptors (Lipinski definition) is 8. The second-order valence-corrected chi connectivity index (χ2v) is 7.66. The Morgan fingerprint density at radius 2 is 2.03 bits per heavy atom. The zero-order valence-corrected chi connectivity index (χ0v) is 17.3. The van der Waals surface area contributed by atoms with Gasteiger partial charge >= 0.3 is 0 Å². The van der Waals surface area contributed by atoms with Crippen LogP contribution in [0.15, 0.2) is 24.4 Å². The average molecular weight is 440 g/mol. The minimum Gasteiger partial charge on any atom is -0.486 e. The van der Waals surface area contributed by atoms with Crippen LogP contribution in [0.4, 0.5) is 21.7 Å². The number of Topliss-reactive ketones (excluding diaryl/α,β-unsaturated/α-hetero) is 1. The number of fused-ring (bicyclic) bond motifs is 2. The number of rotatable bonds is 7. The van der Waals surface area contributed by atoms with Gasteiger partial charge in [0, 0.05) is 31.8 Å². The van der Waals surface area contributed by atoms with Gasteiger partial charge in [0.15, 0.2) is 17.1 Å². The number of aromatic nitrogens is 3. The van der Waals surface area contributed by atoms with Crippen molar-refractivity contribution in [3.63, 3.8) is 0 Å². The molecule has 11 heteroatoms. The van der Waals surface area contributed by atoms with Crippen LogP contribution in [0, 0.1) is 11.7 Å². The Bertz CT molecular complexity index is 1220. The van der Waals surface area contributed by atoms with Crippen LogP contribution in [0.3, 0.4) is 0 Å². The van der Waals surface area contributed by atoms with E-state index in [0.29, 0.717) is 54.5 Å². The summed E-state index contributed by atoms with van der Waals surface area (Å²) in [6.07, 6.45) is 3.44. The highest BCUT2D eigenvalue weighted by molar-refractivity contribution is 6.44. The molecule has 3 heterocycles. The van der Waals surface area contributed by atoms with E-state index in [1.54, 1.807) is 13.1 Å². The molecule has 0 radical (unpaired) electrons. The van der Waals surface area contributed by atoms with Crippen molar-refractivity contribution in [1.82, 2.24) is 19.9 Å². The maximum absolute atomic E-state index is 14.1. The molecule has 0 bridgehead atoms. The van der Waals surface area contributed by atoms with Gasteiger partial charge in [-0.05, 0) is 18.8 Å². The first-order valence-corrected chi connectivity index (χ1v) is 10.3. The van der Waals surface area contributed by atoms with Crippen molar-refractivity contribution in [3.05, 3.63) is 35.8 Å². The van der Waals surface area contributed by atoms with E-state index in [0.717, 1.165) is 12.8 Å². The van der Waals surface area contributed by atoms with E-state index in [9.17, 15) is 14.0 Å². The fourth-order valence-electron chi connectivity index (χ4n) is 3.48. The Balaban J connectivity index is 1.49. The third-order valence-corrected chi connectivity index (χ3v) is 5.30. The zero-order valence-electron chi connectivity index (χ0n) is 17.3. The minimum atomic E-state index is -0.716. The molecule has 32 heavy (non-hydrogen) atoms. The van der Waals surface area contributed by atoms with Gasteiger partial charge in [0.1, 0.15) is 30.7 Å². The maximum Gasteiger partial charge on any atom is 0.292 e. The predicted octanol–water partition coefficient (Wildman–Crippen LogP) is 2.13. The molecule has 1 aromatic carbocycles. The molecule has 2 aliphatic rings. The fourth-order valence-corrected chi connectivity index (χ4v) is 3.48. The van der Waals surface area contributed by atoms with Gasteiger partial charge in [-0.25, -0.2) is 9.37 Å². The molecule has 0 atom stereocenters. The van der Waals surface area contributed by atoms with E-state index < -0.39 is 17.5 Å². The first kappa shape index (κ1) is 20.0. The van der Waals surface area contributed by atoms with Gasteiger partial charge < -0.3 is 25.4 Å². The van der Waals surface area contributed by atoms with Crippen molar-refractivity contribution in [1.29, 1.82) is 0 Å². The standard InChI is InChI=1S/C21H21FN6O4/c1-23-17-8-16(26-14-6-12(22)7-15-19(14)32-5-4-31-15)27-20-13(10-25-28(17)20)18(29)21(30)24-9-11-2-3-11/h6-8,10-11,23H,2-5,9H2,1H3,(H,24,30)(H,26,27). The lowest BCUT2D eigenvalue weighted by Gasteiger charge is -2.21. The third-order valence-electron chi connectivity index (χ3n) is 5.30. The molecular formula is C21H21FN6O4. The number of ketones is 1. The summed E-state index contributed by atoms with van der Waals surface area (Å²) in [6, 6.07) is 4.16. The number of halogens is 1. The molecule has 5 rings (SSSR count). The number of nitrogens with one attached hydrogen (secondary N) is 3. The maximum atomic E-state index is 14.1. The fraction of sp³-hybridized carbons (Fsp3) is 0.333. The smallest absolute Gasteiger partial charge is 0.292 e. The highest BCUT2D eigenvalue weighted by atomic mass is 19.1. The van der Waals surface area contributed by atoms with Crippen molar-refractivity contribution in [2.24, 2.45) is 5.92 Å². The number of nitrogens with zero attached hydrogens (tertiary/aromatic N) is 3. The SMILES string of the molecule is CNc1cc(Nc2cc(F)cc3c2OCCO3)nc2c(C(=O)C(=O)NCC3CC3)cnn12. The van der Waals surface area contributed by atoms with Gasteiger partial charge in [-0.2, -0.15) is 9.61 Å². The van der Waals surface area contributed by atoms with E-state index in [1.165, 1.54) is 22.8 Å². The van der Waals surface area contributed by atoms with Gasteiger partial charge in [0.2, 0.25) is 0 Å². The third kappa shape index (κ3) is 3.77. The van der Waals surface area contributed by atoms with E-state index in [-0.39, 0.29) is 11.2 Å². The van der Waals surface area contributed by atoms with Gasteiger partial charge in [-0.3, -0.25) is 9.59 Å².